The third-order valence-electron chi connectivity index (χ3n) is 2.73. The van der Waals surface area contributed by atoms with E-state index in [1.54, 1.807) is 13.0 Å². The fourth-order valence-electron chi connectivity index (χ4n) is 1.67. The van der Waals surface area contributed by atoms with Gasteiger partial charge in [0.15, 0.2) is 0 Å². The van der Waals surface area contributed by atoms with Crippen LogP contribution in [-0.4, -0.2) is 29.6 Å². The molecule has 0 saturated heterocycles. The first-order valence-electron chi connectivity index (χ1n) is 5.90. The van der Waals surface area contributed by atoms with Crippen LogP contribution in [0.25, 0.3) is 0 Å². The summed E-state index contributed by atoms with van der Waals surface area (Å²) in [4.78, 5) is 21.8. The van der Waals surface area contributed by atoms with Crippen LogP contribution in [-0.2, 0) is 16.0 Å². The van der Waals surface area contributed by atoms with Gasteiger partial charge in [-0.3, -0.25) is 9.59 Å². The van der Waals surface area contributed by atoms with E-state index in [1.807, 2.05) is 0 Å². The fourth-order valence-corrected chi connectivity index (χ4v) is 1.67. The quantitative estimate of drug-likeness (QED) is 0.704. The Bertz CT molecular complexity index is 477. The van der Waals surface area contributed by atoms with Crippen molar-refractivity contribution in [1.82, 2.24) is 5.32 Å². The van der Waals surface area contributed by atoms with Gasteiger partial charge in [-0.1, -0.05) is 6.07 Å². The second kappa shape index (κ2) is 6.84. The van der Waals surface area contributed by atoms with Crippen molar-refractivity contribution in [3.05, 3.63) is 35.1 Å². The number of hydrogen-bond donors (Lipinski definition) is 3. The zero-order chi connectivity index (χ0) is 14.4. The van der Waals surface area contributed by atoms with Crippen LogP contribution in [0.1, 0.15) is 17.5 Å². The van der Waals surface area contributed by atoms with Gasteiger partial charge in [-0.15, -0.1) is 0 Å². The molecule has 0 heterocycles. The predicted molar refractivity (Wildman–Crippen MR) is 68.1 cm³/mol. The summed E-state index contributed by atoms with van der Waals surface area (Å²) < 4.78 is 12.9. The Morgan fingerprint density at radius 1 is 1.47 bits per heavy atom. The standard InChI is InChI=1S/C13H17FN2O3/c1-8-6-10(14)3-2-9(8)4-5-16-13(19)11(15)7-12(17)18/h2-3,6,11H,4-5,7,15H2,1H3,(H,16,19)(H,17,18). The van der Waals surface area contributed by atoms with Crippen LogP contribution in [0.5, 0.6) is 0 Å². The lowest BCUT2D eigenvalue weighted by Gasteiger charge is -2.11. The van der Waals surface area contributed by atoms with Crippen LogP contribution in [0.15, 0.2) is 18.2 Å². The smallest absolute Gasteiger partial charge is 0.305 e. The molecule has 1 atom stereocenters. The highest BCUT2D eigenvalue weighted by atomic mass is 19.1. The van der Waals surface area contributed by atoms with E-state index in [0.29, 0.717) is 13.0 Å². The normalized spacial score (nSPS) is 11.9. The van der Waals surface area contributed by atoms with E-state index in [0.717, 1.165) is 11.1 Å². The molecule has 0 aliphatic heterocycles. The van der Waals surface area contributed by atoms with Gasteiger partial charge in [-0.25, -0.2) is 4.39 Å². The van der Waals surface area contributed by atoms with E-state index in [4.69, 9.17) is 10.8 Å². The summed E-state index contributed by atoms with van der Waals surface area (Å²) in [5.74, 6) is -1.91. The number of aryl methyl sites for hydroxylation is 1. The topological polar surface area (TPSA) is 92.4 Å². The molecule has 104 valence electrons. The number of carboxylic acids is 1. The number of nitrogens with two attached hydrogens (primary N) is 1. The second-order valence-electron chi connectivity index (χ2n) is 4.32. The lowest BCUT2D eigenvalue weighted by atomic mass is 10.1. The van der Waals surface area contributed by atoms with Crippen LogP contribution >= 0.6 is 0 Å². The van der Waals surface area contributed by atoms with Crippen molar-refractivity contribution in [1.29, 1.82) is 0 Å². The van der Waals surface area contributed by atoms with Gasteiger partial charge in [0.25, 0.3) is 0 Å². The average Bonchev–Trinajstić information content (AvgIpc) is 2.30. The summed E-state index contributed by atoms with van der Waals surface area (Å²) in [6.45, 7) is 2.12. The van der Waals surface area contributed by atoms with E-state index < -0.39 is 24.3 Å². The van der Waals surface area contributed by atoms with Crippen molar-refractivity contribution in [2.24, 2.45) is 5.73 Å². The van der Waals surface area contributed by atoms with Crippen molar-refractivity contribution in [3.63, 3.8) is 0 Å². The monoisotopic (exact) mass is 268 g/mol. The number of carboxylic acid groups (broad SMARTS) is 1. The third kappa shape index (κ3) is 5.05. The van der Waals surface area contributed by atoms with Crippen LogP contribution in [0.4, 0.5) is 4.39 Å². The highest BCUT2D eigenvalue weighted by molar-refractivity contribution is 5.85. The number of rotatable bonds is 6. The van der Waals surface area contributed by atoms with Crippen molar-refractivity contribution in [3.8, 4) is 0 Å². The van der Waals surface area contributed by atoms with Crippen LogP contribution in [0, 0.1) is 12.7 Å². The molecule has 0 bridgehead atoms. The molecule has 1 aromatic rings. The molecule has 1 rings (SSSR count). The number of hydrogen-bond acceptors (Lipinski definition) is 3. The van der Waals surface area contributed by atoms with Crippen LogP contribution in [0.2, 0.25) is 0 Å². The molecule has 0 fully saturated rings. The largest absolute Gasteiger partial charge is 0.481 e. The molecule has 0 aliphatic carbocycles. The maximum atomic E-state index is 12.9. The highest BCUT2D eigenvalue weighted by Gasteiger charge is 2.16. The maximum absolute atomic E-state index is 12.9. The first kappa shape index (κ1) is 15.1. The predicted octanol–water partition coefficient (Wildman–Crippen LogP) is 0.595. The molecule has 0 spiro atoms. The minimum Gasteiger partial charge on any atom is -0.481 e. The Hall–Kier alpha value is -1.95. The van der Waals surface area contributed by atoms with Crippen molar-refractivity contribution in [2.45, 2.75) is 25.8 Å². The number of carbonyl (C=O) groups excluding carboxylic acids is 1. The Kier molecular flexibility index (Phi) is 5.44. The van der Waals surface area contributed by atoms with E-state index in [9.17, 15) is 14.0 Å². The minimum atomic E-state index is -1.11. The summed E-state index contributed by atoms with van der Waals surface area (Å²) in [5.41, 5.74) is 7.14. The SMILES string of the molecule is Cc1cc(F)ccc1CCNC(=O)C(N)CC(=O)O. The molecule has 1 amide bonds. The van der Waals surface area contributed by atoms with Gasteiger partial charge >= 0.3 is 5.97 Å². The van der Waals surface area contributed by atoms with Crippen molar-refractivity contribution >= 4 is 11.9 Å². The molecular formula is C13H17FN2O3. The van der Waals surface area contributed by atoms with Gasteiger partial charge in [0.2, 0.25) is 5.91 Å². The Labute approximate surface area is 110 Å². The number of halogens is 1. The van der Waals surface area contributed by atoms with Gasteiger partial charge in [-0.05, 0) is 36.6 Å². The molecule has 19 heavy (non-hydrogen) atoms. The Morgan fingerprint density at radius 2 is 2.16 bits per heavy atom. The minimum absolute atomic E-state index is 0.297. The molecule has 0 aliphatic rings. The van der Waals surface area contributed by atoms with Crippen molar-refractivity contribution in [2.75, 3.05) is 6.54 Å². The molecule has 4 N–H and O–H groups in total. The number of carbonyl (C=O) groups is 2. The van der Waals surface area contributed by atoms with Crippen LogP contribution < -0.4 is 11.1 Å². The first-order valence-corrected chi connectivity index (χ1v) is 5.90. The summed E-state index contributed by atoms with van der Waals surface area (Å²) in [5, 5.41) is 11.1. The zero-order valence-electron chi connectivity index (χ0n) is 10.6. The zero-order valence-corrected chi connectivity index (χ0v) is 10.6. The third-order valence-corrected chi connectivity index (χ3v) is 2.73. The highest BCUT2D eigenvalue weighted by Crippen LogP contribution is 2.10. The van der Waals surface area contributed by atoms with E-state index in [1.165, 1.54) is 12.1 Å². The summed E-state index contributed by atoms with van der Waals surface area (Å²) in [6, 6.07) is 3.40. The van der Waals surface area contributed by atoms with Gasteiger partial charge < -0.3 is 16.2 Å². The maximum Gasteiger partial charge on any atom is 0.305 e. The van der Waals surface area contributed by atoms with Crippen molar-refractivity contribution < 1.29 is 19.1 Å². The van der Waals surface area contributed by atoms with E-state index >= 15 is 0 Å². The molecule has 0 radical (unpaired) electrons. The molecule has 5 nitrogen and oxygen atoms in total. The number of aliphatic carboxylic acids is 1. The van der Waals surface area contributed by atoms with Crippen LogP contribution in [0.3, 0.4) is 0 Å². The molecule has 1 aromatic carbocycles. The van der Waals surface area contributed by atoms with Gasteiger partial charge in [0.1, 0.15) is 5.82 Å². The molecule has 1 unspecified atom stereocenters. The summed E-state index contributed by atoms with van der Waals surface area (Å²) in [7, 11) is 0. The van der Waals surface area contributed by atoms with Gasteiger partial charge in [0, 0.05) is 6.54 Å². The van der Waals surface area contributed by atoms with E-state index in [-0.39, 0.29) is 5.82 Å². The molecule has 6 heteroatoms. The summed E-state index contributed by atoms with van der Waals surface area (Å²) >= 11 is 0. The molecular weight excluding hydrogens is 251 g/mol. The number of benzene rings is 1. The van der Waals surface area contributed by atoms with E-state index in [2.05, 4.69) is 5.32 Å². The van der Waals surface area contributed by atoms with Gasteiger partial charge in [-0.2, -0.15) is 0 Å². The Balaban J connectivity index is 2.41. The molecule has 0 aromatic heterocycles. The fraction of sp³-hybridized carbons (Fsp3) is 0.385. The average molecular weight is 268 g/mol. The first-order chi connectivity index (χ1) is 8.90. The lowest BCUT2D eigenvalue weighted by Crippen LogP contribution is -2.42. The van der Waals surface area contributed by atoms with Gasteiger partial charge in [0.05, 0.1) is 12.5 Å². The summed E-state index contributed by atoms with van der Waals surface area (Å²) in [6.07, 6.45) is 0.138. The Morgan fingerprint density at radius 3 is 2.74 bits per heavy atom. The second-order valence-corrected chi connectivity index (χ2v) is 4.32. The molecule has 0 saturated carbocycles. The number of amides is 1. The number of nitrogens with one attached hydrogen (secondary N) is 1. The lowest BCUT2D eigenvalue weighted by molar-refractivity contribution is -0.139.